The van der Waals surface area contributed by atoms with Crippen molar-refractivity contribution in [2.45, 2.75) is 37.5 Å². The molecule has 6 heteroatoms. The van der Waals surface area contributed by atoms with Crippen molar-refractivity contribution in [3.8, 4) is 5.75 Å². The van der Waals surface area contributed by atoms with E-state index in [0.717, 1.165) is 6.07 Å². The van der Waals surface area contributed by atoms with Crippen molar-refractivity contribution in [2.75, 3.05) is 7.11 Å². The molecule has 0 aliphatic heterocycles. The SMILES string of the molecule is COc1ccc(C2(O)CCCC(C(F)(F)F)C2)c(F)c1. The van der Waals surface area contributed by atoms with E-state index in [0.29, 0.717) is 0 Å². The summed E-state index contributed by atoms with van der Waals surface area (Å²) in [6, 6.07) is 3.81. The smallest absolute Gasteiger partial charge is 0.391 e. The van der Waals surface area contributed by atoms with Crippen LogP contribution < -0.4 is 4.74 Å². The number of rotatable bonds is 2. The minimum absolute atomic E-state index is 0.0242. The van der Waals surface area contributed by atoms with Crippen LogP contribution in [-0.2, 0) is 5.60 Å². The molecule has 1 aromatic rings. The molecule has 1 saturated carbocycles. The Morgan fingerprint density at radius 1 is 1.35 bits per heavy atom. The van der Waals surface area contributed by atoms with Crippen LogP contribution >= 0.6 is 0 Å². The van der Waals surface area contributed by atoms with Gasteiger partial charge in [0.25, 0.3) is 0 Å². The van der Waals surface area contributed by atoms with Crippen molar-refractivity contribution in [3.63, 3.8) is 0 Å². The average molecular weight is 292 g/mol. The molecule has 1 aliphatic carbocycles. The normalized spacial score (nSPS) is 27.4. The van der Waals surface area contributed by atoms with Crippen LogP contribution in [0.25, 0.3) is 0 Å². The fraction of sp³-hybridized carbons (Fsp3) is 0.571. The Hall–Kier alpha value is -1.30. The molecule has 0 radical (unpaired) electrons. The lowest BCUT2D eigenvalue weighted by molar-refractivity contribution is -0.202. The van der Waals surface area contributed by atoms with Crippen molar-refractivity contribution in [3.05, 3.63) is 29.6 Å². The minimum Gasteiger partial charge on any atom is -0.497 e. The molecular weight excluding hydrogens is 276 g/mol. The van der Waals surface area contributed by atoms with E-state index in [1.165, 1.54) is 19.2 Å². The molecule has 1 aromatic carbocycles. The molecule has 2 rings (SSSR count). The van der Waals surface area contributed by atoms with E-state index in [1.54, 1.807) is 0 Å². The first-order chi connectivity index (χ1) is 9.26. The van der Waals surface area contributed by atoms with Crippen LogP contribution in [0, 0.1) is 11.7 Å². The summed E-state index contributed by atoms with van der Waals surface area (Å²) in [7, 11) is 1.36. The number of benzene rings is 1. The summed E-state index contributed by atoms with van der Waals surface area (Å²) in [6.07, 6.45) is -4.55. The zero-order valence-electron chi connectivity index (χ0n) is 11.0. The van der Waals surface area contributed by atoms with Crippen LogP contribution in [0.2, 0.25) is 0 Å². The minimum atomic E-state index is -4.36. The number of hydrogen-bond acceptors (Lipinski definition) is 2. The third kappa shape index (κ3) is 2.90. The van der Waals surface area contributed by atoms with Crippen molar-refractivity contribution in [2.24, 2.45) is 5.92 Å². The molecule has 2 nitrogen and oxygen atoms in total. The molecule has 1 N–H and O–H groups in total. The first-order valence-electron chi connectivity index (χ1n) is 6.39. The van der Waals surface area contributed by atoms with Gasteiger partial charge in [-0.1, -0.05) is 0 Å². The standard InChI is InChI=1S/C14H16F4O2/c1-20-10-4-5-11(12(15)7-10)13(19)6-2-3-9(8-13)14(16,17)18/h4-5,7,9,19H,2-3,6,8H2,1H3. The Balaban J connectivity index is 2.30. The van der Waals surface area contributed by atoms with Crippen LogP contribution in [0.4, 0.5) is 17.6 Å². The van der Waals surface area contributed by atoms with Gasteiger partial charge < -0.3 is 9.84 Å². The highest BCUT2D eigenvalue weighted by atomic mass is 19.4. The van der Waals surface area contributed by atoms with E-state index >= 15 is 0 Å². The lowest BCUT2D eigenvalue weighted by Gasteiger charge is -2.38. The van der Waals surface area contributed by atoms with Crippen LogP contribution in [0.3, 0.4) is 0 Å². The molecule has 0 heterocycles. The highest BCUT2D eigenvalue weighted by Gasteiger charge is 2.48. The number of hydrogen-bond donors (Lipinski definition) is 1. The van der Waals surface area contributed by atoms with Crippen molar-refractivity contribution >= 4 is 0 Å². The third-order valence-corrected chi connectivity index (χ3v) is 3.87. The maximum Gasteiger partial charge on any atom is 0.391 e. The van der Waals surface area contributed by atoms with E-state index in [4.69, 9.17) is 4.74 Å². The summed E-state index contributed by atoms with van der Waals surface area (Å²) in [5, 5.41) is 10.4. The van der Waals surface area contributed by atoms with E-state index < -0.39 is 29.9 Å². The summed E-state index contributed by atoms with van der Waals surface area (Å²) in [5.41, 5.74) is -1.86. The number of ether oxygens (including phenoxy) is 1. The van der Waals surface area contributed by atoms with Gasteiger partial charge in [0.1, 0.15) is 11.6 Å². The van der Waals surface area contributed by atoms with Gasteiger partial charge in [0.2, 0.25) is 0 Å². The Labute approximate surface area is 114 Å². The second-order valence-corrected chi connectivity index (χ2v) is 5.21. The zero-order valence-corrected chi connectivity index (χ0v) is 11.0. The molecular formula is C14H16F4O2. The van der Waals surface area contributed by atoms with Gasteiger partial charge in [-0.3, -0.25) is 0 Å². The Kier molecular flexibility index (Phi) is 3.95. The van der Waals surface area contributed by atoms with Crippen LogP contribution in [0.5, 0.6) is 5.75 Å². The van der Waals surface area contributed by atoms with Gasteiger partial charge in [0.15, 0.2) is 0 Å². The van der Waals surface area contributed by atoms with Crippen LogP contribution in [-0.4, -0.2) is 18.4 Å². The fourth-order valence-electron chi connectivity index (χ4n) is 2.78. The van der Waals surface area contributed by atoms with Gasteiger partial charge in [-0.05, 0) is 37.8 Å². The molecule has 1 aliphatic rings. The van der Waals surface area contributed by atoms with E-state index in [-0.39, 0.29) is 30.6 Å². The lowest BCUT2D eigenvalue weighted by atomic mass is 9.74. The monoisotopic (exact) mass is 292 g/mol. The molecule has 112 valence electrons. The first-order valence-corrected chi connectivity index (χ1v) is 6.39. The maximum absolute atomic E-state index is 14.0. The number of aliphatic hydroxyl groups is 1. The summed E-state index contributed by atoms with van der Waals surface area (Å²) in [6.45, 7) is 0. The van der Waals surface area contributed by atoms with Crippen LogP contribution in [0.1, 0.15) is 31.2 Å². The number of halogens is 4. The molecule has 0 saturated heterocycles. The topological polar surface area (TPSA) is 29.5 Å². The molecule has 0 bridgehead atoms. The predicted molar refractivity (Wildman–Crippen MR) is 64.9 cm³/mol. The van der Waals surface area contributed by atoms with Crippen molar-refractivity contribution in [1.29, 1.82) is 0 Å². The van der Waals surface area contributed by atoms with Crippen molar-refractivity contribution in [1.82, 2.24) is 0 Å². The first kappa shape index (κ1) is 15.1. The largest absolute Gasteiger partial charge is 0.497 e. The van der Waals surface area contributed by atoms with Gasteiger partial charge >= 0.3 is 6.18 Å². The Morgan fingerprint density at radius 2 is 2.05 bits per heavy atom. The van der Waals surface area contributed by atoms with Gasteiger partial charge in [0.05, 0.1) is 18.6 Å². The highest BCUT2D eigenvalue weighted by molar-refractivity contribution is 5.33. The third-order valence-electron chi connectivity index (χ3n) is 3.87. The molecule has 0 amide bonds. The van der Waals surface area contributed by atoms with Gasteiger partial charge in [-0.15, -0.1) is 0 Å². The van der Waals surface area contributed by atoms with Crippen LogP contribution in [0.15, 0.2) is 18.2 Å². The zero-order chi connectivity index (χ0) is 15.0. The predicted octanol–water partition coefficient (Wildman–Crippen LogP) is 3.77. The number of alkyl halides is 3. The fourth-order valence-corrected chi connectivity index (χ4v) is 2.78. The Bertz CT molecular complexity index is 487. The number of methoxy groups -OCH3 is 1. The molecule has 0 aromatic heterocycles. The maximum atomic E-state index is 14.0. The highest BCUT2D eigenvalue weighted by Crippen LogP contribution is 2.46. The lowest BCUT2D eigenvalue weighted by Crippen LogP contribution is -2.39. The van der Waals surface area contributed by atoms with Gasteiger partial charge in [0, 0.05) is 11.6 Å². The summed E-state index contributed by atoms with van der Waals surface area (Å²) in [4.78, 5) is 0. The second-order valence-electron chi connectivity index (χ2n) is 5.21. The van der Waals surface area contributed by atoms with Gasteiger partial charge in [-0.2, -0.15) is 13.2 Å². The Morgan fingerprint density at radius 3 is 2.60 bits per heavy atom. The summed E-state index contributed by atoms with van der Waals surface area (Å²) in [5.74, 6) is -2.07. The quantitative estimate of drug-likeness (QED) is 0.841. The molecule has 2 atom stereocenters. The second kappa shape index (κ2) is 5.24. The van der Waals surface area contributed by atoms with Gasteiger partial charge in [-0.25, -0.2) is 4.39 Å². The molecule has 1 fully saturated rings. The van der Waals surface area contributed by atoms with E-state index in [2.05, 4.69) is 0 Å². The summed E-state index contributed by atoms with van der Waals surface area (Å²) < 4.78 is 57.2. The van der Waals surface area contributed by atoms with Crippen molar-refractivity contribution < 1.29 is 27.4 Å². The average Bonchev–Trinajstić information content (AvgIpc) is 2.37. The molecule has 20 heavy (non-hydrogen) atoms. The van der Waals surface area contributed by atoms with E-state index in [9.17, 15) is 22.7 Å². The molecule has 2 unspecified atom stereocenters. The molecule has 0 spiro atoms. The van der Waals surface area contributed by atoms with E-state index in [1.807, 2.05) is 0 Å². The summed E-state index contributed by atoms with van der Waals surface area (Å²) >= 11 is 0.